The Kier molecular flexibility index (Phi) is 14.3. The average Bonchev–Trinajstić information content (AvgIpc) is 2.56. The summed E-state index contributed by atoms with van der Waals surface area (Å²) in [6.07, 6.45) is 21.2. The molecule has 3 N–H and O–H groups in total. The van der Waals surface area contributed by atoms with Gasteiger partial charge >= 0.3 is 7.60 Å². The molecular formula is C22H45NO4P+. The predicted molar refractivity (Wildman–Crippen MR) is 119 cm³/mol. The van der Waals surface area contributed by atoms with E-state index in [2.05, 4.69) is 31.2 Å². The molecule has 0 spiro atoms. The smallest absolute Gasteiger partial charge is 0.362 e. The van der Waals surface area contributed by atoms with Crippen LogP contribution in [0.4, 0.5) is 0 Å². The number of hydrogen-bond donors (Lipinski definition) is 3. The van der Waals surface area contributed by atoms with Gasteiger partial charge in [-0.3, -0.25) is 4.57 Å². The normalized spacial score (nSPS) is 15.5. The first-order valence-corrected chi connectivity index (χ1v) is 12.5. The first kappa shape index (κ1) is 27.5. The Labute approximate surface area is 173 Å². The topological polar surface area (TPSA) is 77.8 Å². The van der Waals surface area contributed by atoms with Crippen molar-refractivity contribution < 1.29 is 23.9 Å². The number of likely N-dealkylation sites (N-methyl/N-ethyl adjacent to an activating group) is 1. The molecular weight excluding hydrogens is 373 g/mol. The molecule has 0 saturated carbocycles. The number of nitrogens with zero attached hydrogens (tertiary/aromatic N) is 1. The van der Waals surface area contributed by atoms with Crippen molar-refractivity contribution in [1.82, 2.24) is 0 Å². The van der Waals surface area contributed by atoms with Crippen molar-refractivity contribution in [2.75, 3.05) is 27.7 Å². The minimum absolute atomic E-state index is 0.0337. The zero-order valence-corrected chi connectivity index (χ0v) is 19.5. The molecule has 5 nitrogen and oxygen atoms in total. The summed E-state index contributed by atoms with van der Waals surface area (Å²) >= 11 is 0. The van der Waals surface area contributed by atoms with Gasteiger partial charge in [0.05, 0.1) is 21.1 Å². The summed E-state index contributed by atoms with van der Waals surface area (Å²) in [5.74, 6) is 0. The monoisotopic (exact) mass is 418 g/mol. The quantitative estimate of drug-likeness (QED) is 0.128. The van der Waals surface area contributed by atoms with E-state index in [-0.39, 0.29) is 13.0 Å². The molecule has 0 aromatic heterocycles. The van der Waals surface area contributed by atoms with E-state index < -0.39 is 12.9 Å². The second-order valence-corrected chi connectivity index (χ2v) is 10.9. The lowest BCUT2D eigenvalue weighted by molar-refractivity contribution is -0.875. The lowest BCUT2D eigenvalue weighted by atomic mass is 10.1. The van der Waals surface area contributed by atoms with E-state index in [4.69, 9.17) is 0 Å². The molecule has 0 rings (SSSR count). The molecule has 166 valence electrons. The molecule has 6 heteroatoms. The molecule has 0 fully saturated rings. The molecule has 0 aliphatic carbocycles. The number of unbranched alkanes of at least 4 members (excludes halogenated alkanes) is 8. The number of rotatable bonds is 17. The standard InChI is InChI=1S/C22H44NO4P/c1-5-6-7-8-9-10-11-12-13-14-15-16-17-18-19-20-22(24,28(25,26)27)21-23(2,3)4/h11-12,16-17,24H,5-10,13-15,18-21H2,1-4H3,(H-,25,26,27)/p+1/b12-11-,17-16-. The third-order valence-electron chi connectivity index (χ3n) is 4.77. The van der Waals surface area contributed by atoms with Crippen molar-refractivity contribution in [2.45, 2.75) is 89.3 Å². The van der Waals surface area contributed by atoms with Crippen molar-refractivity contribution in [3.05, 3.63) is 24.3 Å². The van der Waals surface area contributed by atoms with Gasteiger partial charge in [-0.15, -0.1) is 0 Å². The van der Waals surface area contributed by atoms with Crippen LogP contribution in [0, 0.1) is 0 Å². The Morgan fingerprint density at radius 1 is 0.786 bits per heavy atom. The third kappa shape index (κ3) is 14.5. The second-order valence-electron chi connectivity index (χ2n) is 8.94. The van der Waals surface area contributed by atoms with E-state index in [0.29, 0.717) is 10.9 Å². The van der Waals surface area contributed by atoms with Gasteiger partial charge < -0.3 is 19.4 Å². The minimum atomic E-state index is -4.56. The summed E-state index contributed by atoms with van der Waals surface area (Å²) < 4.78 is 12.0. The molecule has 0 aliphatic rings. The van der Waals surface area contributed by atoms with Crippen LogP contribution in [0.15, 0.2) is 24.3 Å². The summed E-state index contributed by atoms with van der Waals surface area (Å²) in [5.41, 5.74) is 0. The zero-order valence-electron chi connectivity index (χ0n) is 18.6. The van der Waals surface area contributed by atoms with Crippen molar-refractivity contribution in [2.24, 2.45) is 0 Å². The molecule has 0 aromatic carbocycles. The SMILES string of the molecule is CCCCCCC/C=C\CCC/C=C\CCCC(O)(C[N+](C)(C)C)P(=O)(O)O. The lowest BCUT2D eigenvalue weighted by Gasteiger charge is -2.35. The molecule has 0 bridgehead atoms. The fraction of sp³-hybridized carbons (Fsp3) is 0.818. The van der Waals surface area contributed by atoms with Gasteiger partial charge in [0.1, 0.15) is 6.54 Å². The molecule has 0 radical (unpaired) electrons. The van der Waals surface area contributed by atoms with E-state index in [1.54, 1.807) is 0 Å². The van der Waals surface area contributed by atoms with Gasteiger partial charge in [-0.2, -0.15) is 0 Å². The maximum Gasteiger partial charge on any atom is 0.362 e. The van der Waals surface area contributed by atoms with E-state index in [1.165, 1.54) is 38.5 Å². The van der Waals surface area contributed by atoms with Crippen LogP contribution >= 0.6 is 7.60 Å². The van der Waals surface area contributed by atoms with Gasteiger partial charge in [-0.05, 0) is 51.4 Å². The second kappa shape index (κ2) is 14.5. The van der Waals surface area contributed by atoms with Crippen molar-refractivity contribution in [3.8, 4) is 0 Å². The summed E-state index contributed by atoms with van der Waals surface area (Å²) in [6.45, 7) is 2.27. The van der Waals surface area contributed by atoms with Gasteiger partial charge in [0.25, 0.3) is 0 Å². The molecule has 0 aliphatic heterocycles. The molecule has 0 aromatic rings. The Balaban J connectivity index is 3.90. The lowest BCUT2D eigenvalue weighted by Crippen LogP contribution is -2.49. The van der Waals surface area contributed by atoms with Gasteiger partial charge in [0.2, 0.25) is 5.34 Å². The predicted octanol–water partition coefficient (Wildman–Crippen LogP) is 5.37. The van der Waals surface area contributed by atoms with Gasteiger partial charge in [-0.25, -0.2) is 0 Å². The molecule has 0 amide bonds. The molecule has 1 unspecified atom stereocenters. The highest BCUT2D eigenvalue weighted by Gasteiger charge is 2.48. The summed E-state index contributed by atoms with van der Waals surface area (Å²) in [4.78, 5) is 19.1. The molecule has 1 atom stereocenters. The maximum absolute atomic E-state index is 11.7. The van der Waals surface area contributed by atoms with E-state index in [9.17, 15) is 19.5 Å². The van der Waals surface area contributed by atoms with Gasteiger partial charge in [0.15, 0.2) is 0 Å². The van der Waals surface area contributed by atoms with Crippen molar-refractivity contribution in [3.63, 3.8) is 0 Å². The summed E-state index contributed by atoms with van der Waals surface area (Å²) in [5, 5.41) is 8.53. The van der Waals surface area contributed by atoms with Crippen molar-refractivity contribution >= 4 is 7.60 Å². The number of quaternary nitrogens is 1. The number of aliphatic hydroxyl groups is 1. The highest BCUT2D eigenvalue weighted by atomic mass is 31.2. The maximum atomic E-state index is 11.7. The first-order chi connectivity index (χ1) is 13.0. The molecule has 0 heterocycles. The Bertz CT molecular complexity index is 493. The van der Waals surface area contributed by atoms with Crippen LogP contribution in [-0.4, -0.2) is 52.4 Å². The average molecular weight is 419 g/mol. The summed E-state index contributed by atoms with van der Waals surface area (Å²) in [7, 11) is 0.898. The van der Waals surface area contributed by atoms with Crippen LogP contribution in [0.25, 0.3) is 0 Å². The molecule has 28 heavy (non-hydrogen) atoms. The Morgan fingerprint density at radius 3 is 1.71 bits per heavy atom. The van der Waals surface area contributed by atoms with E-state index in [0.717, 1.165) is 25.7 Å². The minimum Gasteiger partial charge on any atom is -0.373 e. The van der Waals surface area contributed by atoms with Crippen LogP contribution in [0.3, 0.4) is 0 Å². The van der Waals surface area contributed by atoms with E-state index in [1.807, 2.05) is 21.1 Å². The first-order valence-electron chi connectivity index (χ1n) is 10.9. The highest BCUT2D eigenvalue weighted by Crippen LogP contribution is 2.52. The molecule has 0 saturated heterocycles. The third-order valence-corrected chi connectivity index (χ3v) is 6.22. The van der Waals surface area contributed by atoms with Crippen LogP contribution in [-0.2, 0) is 4.57 Å². The largest absolute Gasteiger partial charge is 0.373 e. The van der Waals surface area contributed by atoms with Gasteiger partial charge in [0, 0.05) is 0 Å². The summed E-state index contributed by atoms with van der Waals surface area (Å²) in [6, 6.07) is 0. The van der Waals surface area contributed by atoms with Crippen LogP contribution in [0.2, 0.25) is 0 Å². The Morgan fingerprint density at radius 2 is 1.25 bits per heavy atom. The van der Waals surface area contributed by atoms with Crippen LogP contribution in [0.5, 0.6) is 0 Å². The number of allylic oxidation sites excluding steroid dienone is 4. The highest BCUT2D eigenvalue weighted by molar-refractivity contribution is 7.53. The fourth-order valence-corrected chi connectivity index (χ4v) is 4.33. The zero-order chi connectivity index (χ0) is 21.5. The van der Waals surface area contributed by atoms with Crippen LogP contribution < -0.4 is 0 Å². The van der Waals surface area contributed by atoms with Gasteiger partial charge in [-0.1, -0.05) is 56.9 Å². The van der Waals surface area contributed by atoms with Crippen LogP contribution in [0.1, 0.15) is 84.0 Å². The van der Waals surface area contributed by atoms with Crippen molar-refractivity contribution in [1.29, 1.82) is 0 Å². The van der Waals surface area contributed by atoms with E-state index >= 15 is 0 Å². The fourth-order valence-electron chi connectivity index (χ4n) is 3.27. The number of hydrogen-bond acceptors (Lipinski definition) is 2. The Hall–Kier alpha value is -0.450.